The fraction of sp³-hybridized carbons (Fsp3) is 0.316. The Morgan fingerprint density at radius 2 is 1.93 bits per heavy atom. The van der Waals surface area contributed by atoms with Crippen molar-refractivity contribution in [3.8, 4) is 0 Å². The molecule has 2 aliphatic rings. The van der Waals surface area contributed by atoms with Gasteiger partial charge in [-0.25, -0.2) is 13.2 Å². The Morgan fingerprint density at radius 1 is 1.19 bits per heavy atom. The van der Waals surface area contributed by atoms with Crippen LogP contribution in [0.25, 0.3) is 0 Å². The van der Waals surface area contributed by atoms with Crippen molar-refractivity contribution in [1.82, 2.24) is 9.88 Å². The van der Waals surface area contributed by atoms with E-state index in [1.54, 1.807) is 29.4 Å². The summed E-state index contributed by atoms with van der Waals surface area (Å²) in [4.78, 5) is 29.9. The highest BCUT2D eigenvalue weighted by molar-refractivity contribution is 7.93. The monoisotopic (exact) mass is 386 g/mol. The number of aromatic nitrogens is 1. The molecule has 1 N–H and O–H groups in total. The molecular formula is C19H18N2O5S. The lowest BCUT2D eigenvalue weighted by Crippen LogP contribution is -2.49. The van der Waals surface area contributed by atoms with Crippen LogP contribution < -0.4 is 0 Å². The van der Waals surface area contributed by atoms with Crippen LogP contribution in [0.1, 0.15) is 34.3 Å². The molecule has 7 nitrogen and oxygen atoms in total. The van der Waals surface area contributed by atoms with E-state index in [0.717, 1.165) is 5.56 Å². The van der Waals surface area contributed by atoms with Crippen molar-refractivity contribution < 1.29 is 23.1 Å². The van der Waals surface area contributed by atoms with E-state index in [1.165, 1.54) is 18.2 Å². The molecule has 140 valence electrons. The molecule has 0 bridgehead atoms. The fourth-order valence-electron chi connectivity index (χ4n) is 4.00. The highest BCUT2D eigenvalue weighted by atomic mass is 32.2. The van der Waals surface area contributed by atoms with E-state index in [0.29, 0.717) is 25.1 Å². The third kappa shape index (κ3) is 2.63. The summed E-state index contributed by atoms with van der Waals surface area (Å²) in [6, 6.07) is 7.61. The summed E-state index contributed by atoms with van der Waals surface area (Å²) in [5, 5.41) is 9.12. The van der Waals surface area contributed by atoms with Crippen LogP contribution in [0.3, 0.4) is 0 Å². The van der Waals surface area contributed by atoms with Crippen LogP contribution >= 0.6 is 0 Å². The van der Waals surface area contributed by atoms with E-state index in [2.05, 4.69) is 4.98 Å². The second-order valence-electron chi connectivity index (χ2n) is 6.96. The van der Waals surface area contributed by atoms with Crippen molar-refractivity contribution in [2.45, 2.75) is 35.4 Å². The molecule has 1 fully saturated rings. The average molecular weight is 386 g/mol. The van der Waals surface area contributed by atoms with Crippen molar-refractivity contribution in [3.05, 3.63) is 59.4 Å². The highest BCUT2D eigenvalue weighted by Crippen LogP contribution is 2.44. The number of hydrogen-bond donors (Lipinski definition) is 1. The van der Waals surface area contributed by atoms with Crippen molar-refractivity contribution in [3.63, 3.8) is 0 Å². The number of fused-ring (bicyclic) bond motifs is 1. The largest absolute Gasteiger partial charge is 0.478 e. The van der Waals surface area contributed by atoms with Gasteiger partial charge in [0.2, 0.25) is 5.91 Å². The first kappa shape index (κ1) is 17.7. The molecule has 4 rings (SSSR count). The maximum absolute atomic E-state index is 13.3. The summed E-state index contributed by atoms with van der Waals surface area (Å²) < 4.78 is 25.2. The summed E-state index contributed by atoms with van der Waals surface area (Å²) in [6.07, 6.45) is 4.07. The number of carbonyl (C=O) groups is 2. The van der Waals surface area contributed by atoms with Gasteiger partial charge >= 0.3 is 5.97 Å². The molecule has 1 atom stereocenters. The molecular weight excluding hydrogens is 368 g/mol. The van der Waals surface area contributed by atoms with Gasteiger partial charge in [0.1, 0.15) is 0 Å². The van der Waals surface area contributed by atoms with Crippen molar-refractivity contribution in [1.29, 1.82) is 0 Å². The van der Waals surface area contributed by atoms with Crippen LogP contribution in [0, 0.1) is 0 Å². The minimum atomic E-state index is -3.90. The molecule has 8 heteroatoms. The Labute approximate surface area is 156 Å². The zero-order valence-electron chi connectivity index (χ0n) is 14.5. The number of aryl methyl sites for hydroxylation is 1. The molecule has 1 saturated heterocycles. The molecule has 0 saturated carbocycles. The van der Waals surface area contributed by atoms with Gasteiger partial charge < -0.3 is 10.0 Å². The lowest BCUT2D eigenvalue weighted by molar-refractivity contribution is -0.130. The second kappa shape index (κ2) is 6.16. The van der Waals surface area contributed by atoms with E-state index in [1.807, 2.05) is 0 Å². The van der Waals surface area contributed by atoms with Crippen LogP contribution in [0.5, 0.6) is 0 Å². The van der Waals surface area contributed by atoms with Gasteiger partial charge in [0.15, 0.2) is 14.6 Å². The summed E-state index contributed by atoms with van der Waals surface area (Å²) in [6.45, 7) is 0.729. The molecule has 0 aliphatic carbocycles. The van der Waals surface area contributed by atoms with E-state index < -0.39 is 20.6 Å². The summed E-state index contributed by atoms with van der Waals surface area (Å²) in [5.74, 6) is -1.47. The normalized spacial score (nSPS) is 23.4. The lowest BCUT2D eigenvalue weighted by Gasteiger charge is -2.33. The maximum atomic E-state index is 13.3. The first-order valence-electron chi connectivity index (χ1n) is 8.64. The second-order valence-corrected chi connectivity index (χ2v) is 9.19. The zero-order valence-corrected chi connectivity index (χ0v) is 15.3. The number of aromatic carboxylic acids is 1. The Balaban J connectivity index is 1.68. The van der Waals surface area contributed by atoms with Gasteiger partial charge in [0.25, 0.3) is 0 Å². The molecule has 1 aromatic heterocycles. The van der Waals surface area contributed by atoms with Gasteiger partial charge in [0, 0.05) is 25.5 Å². The molecule has 1 unspecified atom stereocenters. The maximum Gasteiger partial charge on any atom is 0.335 e. The number of likely N-dealkylation sites (tertiary alicyclic amines) is 1. The van der Waals surface area contributed by atoms with Gasteiger partial charge in [-0.05, 0) is 60.7 Å². The van der Waals surface area contributed by atoms with Crippen LogP contribution in [0.15, 0.2) is 47.6 Å². The Morgan fingerprint density at radius 3 is 2.63 bits per heavy atom. The molecule has 2 aromatic rings. The van der Waals surface area contributed by atoms with E-state index in [4.69, 9.17) is 5.11 Å². The Bertz CT molecular complexity index is 1040. The number of benzene rings is 1. The predicted molar refractivity (Wildman–Crippen MR) is 95.9 cm³/mol. The number of amides is 1. The lowest BCUT2D eigenvalue weighted by atomic mass is 9.95. The highest BCUT2D eigenvalue weighted by Gasteiger charge is 2.58. The standard InChI is InChI=1S/C19H18N2O5S/c22-17(23)15-1-2-16-14(11-15)3-6-19(27(16,25)26)7-10-21(18(19)24)12-13-4-8-20-9-5-13/h1-2,4-5,8-9,11H,3,6-7,10,12H2,(H,22,23). The minimum Gasteiger partial charge on any atom is -0.478 e. The van der Waals surface area contributed by atoms with Crippen molar-refractivity contribution in [2.75, 3.05) is 6.54 Å². The molecule has 2 aliphatic heterocycles. The van der Waals surface area contributed by atoms with Gasteiger partial charge in [-0.3, -0.25) is 9.78 Å². The summed E-state index contributed by atoms with van der Waals surface area (Å²) in [7, 11) is -3.90. The molecule has 27 heavy (non-hydrogen) atoms. The number of carboxylic acids is 1. The smallest absolute Gasteiger partial charge is 0.335 e. The molecule has 1 aromatic carbocycles. The molecule has 3 heterocycles. The predicted octanol–water partition coefficient (Wildman–Crippen LogP) is 1.67. The van der Waals surface area contributed by atoms with E-state index >= 15 is 0 Å². The van der Waals surface area contributed by atoms with Gasteiger partial charge in [-0.1, -0.05) is 0 Å². The number of hydrogen-bond acceptors (Lipinski definition) is 5. The van der Waals surface area contributed by atoms with Gasteiger partial charge in [-0.15, -0.1) is 0 Å². The number of sulfone groups is 1. The third-order valence-corrected chi connectivity index (χ3v) is 8.08. The van der Waals surface area contributed by atoms with Crippen LogP contribution in [-0.2, 0) is 27.6 Å². The van der Waals surface area contributed by atoms with Gasteiger partial charge in [-0.2, -0.15) is 0 Å². The molecule has 0 radical (unpaired) electrons. The van der Waals surface area contributed by atoms with Crippen LogP contribution in [0.2, 0.25) is 0 Å². The summed E-state index contributed by atoms with van der Waals surface area (Å²) >= 11 is 0. The SMILES string of the molecule is O=C(O)c1ccc2c(c1)CCC1(CCN(Cc3ccncc3)C1=O)S2(=O)=O. The third-order valence-electron chi connectivity index (χ3n) is 5.49. The number of rotatable bonds is 3. The Hall–Kier alpha value is -2.74. The first-order chi connectivity index (χ1) is 12.8. The number of pyridine rings is 1. The summed E-state index contributed by atoms with van der Waals surface area (Å²) in [5.41, 5.74) is 1.42. The minimum absolute atomic E-state index is 0.0527. The van der Waals surface area contributed by atoms with E-state index in [-0.39, 0.29) is 29.2 Å². The molecule has 1 amide bonds. The van der Waals surface area contributed by atoms with Crippen molar-refractivity contribution >= 4 is 21.7 Å². The van der Waals surface area contributed by atoms with Gasteiger partial charge in [0.05, 0.1) is 10.5 Å². The first-order valence-corrected chi connectivity index (χ1v) is 10.1. The Kier molecular flexibility index (Phi) is 4.03. The van der Waals surface area contributed by atoms with Crippen LogP contribution in [0.4, 0.5) is 0 Å². The quantitative estimate of drug-likeness (QED) is 0.860. The number of carbonyl (C=O) groups excluding carboxylic acids is 1. The number of carboxylic acid groups (broad SMARTS) is 1. The van der Waals surface area contributed by atoms with Crippen molar-refractivity contribution in [2.24, 2.45) is 0 Å². The molecule has 1 spiro atoms. The van der Waals surface area contributed by atoms with E-state index in [9.17, 15) is 18.0 Å². The van der Waals surface area contributed by atoms with Crippen LogP contribution in [-0.4, -0.2) is 46.6 Å². The average Bonchev–Trinajstić information content (AvgIpc) is 2.97. The number of nitrogens with zero attached hydrogens (tertiary/aromatic N) is 2. The fourth-order valence-corrected chi connectivity index (χ4v) is 6.27. The zero-order chi connectivity index (χ0) is 19.2. The topological polar surface area (TPSA) is 105 Å².